The lowest BCUT2D eigenvalue weighted by Crippen LogP contribution is -2.29. The van der Waals surface area contributed by atoms with Crippen molar-refractivity contribution in [3.63, 3.8) is 0 Å². The molecule has 0 bridgehead atoms. The maximum atomic E-state index is 13.7. The first kappa shape index (κ1) is 23.9. The number of hydrogen-bond donors (Lipinski definition) is 0. The molecule has 1 amide bonds. The Hall–Kier alpha value is -4.42. The van der Waals surface area contributed by atoms with E-state index in [1.807, 2.05) is 54.6 Å². The summed E-state index contributed by atoms with van der Waals surface area (Å²) >= 11 is 6.16. The van der Waals surface area contributed by atoms with E-state index in [-0.39, 0.29) is 29.1 Å². The summed E-state index contributed by atoms with van der Waals surface area (Å²) < 4.78 is 25.4. The smallest absolute Gasteiger partial charge is 0.291 e. The van der Waals surface area contributed by atoms with Gasteiger partial charge in [-0.25, -0.2) is 4.39 Å². The highest BCUT2D eigenvalue weighted by Gasteiger charge is 2.42. The number of fused-ring (bicyclic) bond motifs is 2. The van der Waals surface area contributed by atoms with Crippen LogP contribution in [0.25, 0.3) is 11.0 Å². The first-order valence-corrected chi connectivity index (χ1v) is 12.4. The van der Waals surface area contributed by atoms with E-state index in [1.165, 1.54) is 12.1 Å². The Balaban J connectivity index is 1.40. The molecule has 1 aliphatic rings. The summed E-state index contributed by atoms with van der Waals surface area (Å²) in [4.78, 5) is 28.9. The summed E-state index contributed by atoms with van der Waals surface area (Å²) in [6, 6.07) is 27.1. The van der Waals surface area contributed by atoms with Gasteiger partial charge in [0.05, 0.1) is 17.0 Å². The van der Waals surface area contributed by atoms with Crippen molar-refractivity contribution in [2.75, 3.05) is 0 Å². The van der Waals surface area contributed by atoms with Crippen molar-refractivity contribution in [3.8, 4) is 5.75 Å². The topological polar surface area (TPSA) is 59.8 Å². The molecule has 6 rings (SSSR count). The number of ether oxygens (including phenoxy) is 1. The molecular formula is C31H21ClFNO4. The summed E-state index contributed by atoms with van der Waals surface area (Å²) in [5.74, 6) is -0.119. The zero-order valence-electron chi connectivity index (χ0n) is 20.1. The van der Waals surface area contributed by atoms with E-state index >= 15 is 0 Å². The van der Waals surface area contributed by atoms with Crippen LogP contribution in [0.5, 0.6) is 5.75 Å². The predicted octanol–water partition coefficient (Wildman–Crippen LogP) is 6.91. The summed E-state index contributed by atoms with van der Waals surface area (Å²) in [5.41, 5.74) is 2.72. The van der Waals surface area contributed by atoms with Crippen LogP contribution < -0.4 is 10.2 Å². The number of rotatable bonds is 6. The Morgan fingerprint density at radius 1 is 0.868 bits per heavy atom. The first-order valence-electron chi connectivity index (χ1n) is 12.1. The van der Waals surface area contributed by atoms with Crippen molar-refractivity contribution in [2.45, 2.75) is 19.2 Å². The third-order valence-corrected chi connectivity index (χ3v) is 6.87. The second kappa shape index (κ2) is 9.80. The molecule has 2 heterocycles. The molecule has 1 unspecified atom stereocenters. The molecule has 4 aromatic carbocycles. The average Bonchev–Trinajstić information content (AvgIpc) is 3.21. The molecule has 1 aromatic heterocycles. The molecule has 1 aliphatic heterocycles. The highest BCUT2D eigenvalue weighted by molar-refractivity contribution is 6.31. The van der Waals surface area contributed by atoms with Gasteiger partial charge in [0.1, 0.15) is 23.8 Å². The number of amides is 1. The van der Waals surface area contributed by atoms with Crippen molar-refractivity contribution in [2.24, 2.45) is 0 Å². The van der Waals surface area contributed by atoms with Crippen LogP contribution in [-0.2, 0) is 13.2 Å². The molecule has 0 saturated heterocycles. The Morgan fingerprint density at radius 2 is 1.61 bits per heavy atom. The minimum atomic E-state index is -0.703. The summed E-state index contributed by atoms with van der Waals surface area (Å²) in [7, 11) is 0. The van der Waals surface area contributed by atoms with Gasteiger partial charge in [0.15, 0.2) is 5.43 Å². The van der Waals surface area contributed by atoms with Gasteiger partial charge in [-0.15, -0.1) is 0 Å². The van der Waals surface area contributed by atoms with Crippen molar-refractivity contribution < 1.29 is 18.3 Å². The van der Waals surface area contributed by atoms with Gasteiger partial charge in [0.25, 0.3) is 5.91 Å². The average molecular weight is 526 g/mol. The monoisotopic (exact) mass is 525 g/mol. The maximum Gasteiger partial charge on any atom is 0.291 e. The molecular weight excluding hydrogens is 505 g/mol. The largest absolute Gasteiger partial charge is 0.489 e. The van der Waals surface area contributed by atoms with Gasteiger partial charge < -0.3 is 14.1 Å². The fourth-order valence-electron chi connectivity index (χ4n) is 4.78. The second-order valence-corrected chi connectivity index (χ2v) is 9.56. The molecule has 5 aromatic rings. The fraction of sp³-hybridized carbons (Fsp3) is 0.0968. The molecule has 38 heavy (non-hydrogen) atoms. The SMILES string of the molecule is O=C1c2oc3ccc(Cl)cc3c(=O)c2C(c2ccc(OCc3ccccc3)cc2)N1Cc1ccc(F)cc1. The van der Waals surface area contributed by atoms with Crippen LogP contribution in [0.15, 0.2) is 106 Å². The van der Waals surface area contributed by atoms with Gasteiger partial charge in [-0.05, 0) is 59.2 Å². The second-order valence-electron chi connectivity index (χ2n) is 9.12. The van der Waals surface area contributed by atoms with Crippen molar-refractivity contribution in [1.29, 1.82) is 0 Å². The van der Waals surface area contributed by atoms with E-state index < -0.39 is 11.9 Å². The van der Waals surface area contributed by atoms with Crippen LogP contribution in [0.3, 0.4) is 0 Å². The van der Waals surface area contributed by atoms with Crippen LogP contribution >= 0.6 is 11.6 Å². The van der Waals surface area contributed by atoms with Crippen LogP contribution in [0.2, 0.25) is 5.02 Å². The zero-order valence-corrected chi connectivity index (χ0v) is 20.8. The Labute approximate surface area is 222 Å². The summed E-state index contributed by atoms with van der Waals surface area (Å²) in [6.07, 6.45) is 0. The van der Waals surface area contributed by atoms with Gasteiger partial charge in [-0.1, -0.05) is 66.2 Å². The summed E-state index contributed by atoms with van der Waals surface area (Å²) in [6.45, 7) is 0.578. The molecule has 7 heteroatoms. The Morgan fingerprint density at radius 3 is 2.34 bits per heavy atom. The lowest BCUT2D eigenvalue weighted by molar-refractivity contribution is 0.0714. The van der Waals surface area contributed by atoms with Crippen LogP contribution in [-0.4, -0.2) is 10.8 Å². The molecule has 0 saturated carbocycles. The van der Waals surface area contributed by atoms with Crippen LogP contribution in [0.4, 0.5) is 4.39 Å². The molecule has 188 valence electrons. The van der Waals surface area contributed by atoms with E-state index in [4.69, 9.17) is 20.8 Å². The molecule has 1 atom stereocenters. The van der Waals surface area contributed by atoms with Gasteiger partial charge in [-0.3, -0.25) is 9.59 Å². The highest BCUT2D eigenvalue weighted by atomic mass is 35.5. The fourth-order valence-corrected chi connectivity index (χ4v) is 4.95. The standard InChI is InChI=1S/C31H21ClFNO4/c32-22-10-15-26-25(16-22)29(35)27-28(21-8-13-24(14-9-21)37-18-20-4-2-1-3-5-20)34(31(36)30(27)38-26)17-19-6-11-23(33)12-7-19/h1-16,28H,17-18H2. The zero-order chi connectivity index (χ0) is 26.2. The molecule has 0 spiro atoms. The molecule has 0 fully saturated rings. The predicted molar refractivity (Wildman–Crippen MR) is 143 cm³/mol. The molecule has 0 N–H and O–H groups in total. The quantitative estimate of drug-likeness (QED) is 0.242. The van der Waals surface area contributed by atoms with Gasteiger partial charge in [-0.2, -0.15) is 0 Å². The normalized spacial score (nSPS) is 14.6. The van der Waals surface area contributed by atoms with Crippen LogP contribution in [0, 0.1) is 5.82 Å². The number of carbonyl (C=O) groups is 1. The molecule has 0 radical (unpaired) electrons. The van der Waals surface area contributed by atoms with Crippen molar-refractivity contribution in [1.82, 2.24) is 4.90 Å². The lowest BCUT2D eigenvalue weighted by atomic mass is 9.98. The Bertz CT molecular complexity index is 1700. The van der Waals surface area contributed by atoms with E-state index in [1.54, 1.807) is 35.2 Å². The van der Waals surface area contributed by atoms with Gasteiger partial charge in [0, 0.05) is 11.6 Å². The maximum absolute atomic E-state index is 13.7. The van der Waals surface area contributed by atoms with E-state index in [0.717, 1.165) is 16.7 Å². The number of carbonyl (C=O) groups excluding carboxylic acids is 1. The minimum Gasteiger partial charge on any atom is -0.489 e. The molecule has 5 nitrogen and oxygen atoms in total. The lowest BCUT2D eigenvalue weighted by Gasteiger charge is -2.25. The number of benzene rings is 4. The van der Waals surface area contributed by atoms with E-state index in [0.29, 0.717) is 28.3 Å². The first-order chi connectivity index (χ1) is 18.5. The highest BCUT2D eigenvalue weighted by Crippen LogP contribution is 2.39. The number of hydrogen-bond acceptors (Lipinski definition) is 4. The number of nitrogens with zero attached hydrogens (tertiary/aromatic N) is 1. The summed E-state index contributed by atoms with van der Waals surface area (Å²) in [5, 5.41) is 0.703. The molecule has 0 aliphatic carbocycles. The third kappa shape index (κ3) is 4.44. The van der Waals surface area contributed by atoms with Crippen molar-refractivity contribution >= 4 is 28.5 Å². The Kier molecular flexibility index (Phi) is 6.18. The van der Waals surface area contributed by atoms with Gasteiger partial charge >= 0.3 is 0 Å². The van der Waals surface area contributed by atoms with E-state index in [9.17, 15) is 14.0 Å². The van der Waals surface area contributed by atoms with Crippen molar-refractivity contribution in [3.05, 3.63) is 146 Å². The van der Waals surface area contributed by atoms with Gasteiger partial charge in [0.2, 0.25) is 5.76 Å². The number of halogens is 2. The van der Waals surface area contributed by atoms with Crippen LogP contribution in [0.1, 0.15) is 38.9 Å². The van der Waals surface area contributed by atoms with E-state index in [2.05, 4.69) is 0 Å². The minimum absolute atomic E-state index is 0.00124. The third-order valence-electron chi connectivity index (χ3n) is 6.64.